The smallest absolute Gasteiger partial charge is 0.174 e. The van der Waals surface area contributed by atoms with Crippen LogP contribution in [-0.4, -0.2) is 22.5 Å². The molecule has 0 fully saturated rings. The molecule has 110 valence electrons. The summed E-state index contributed by atoms with van der Waals surface area (Å²) in [4.78, 5) is 14.0. The van der Waals surface area contributed by atoms with E-state index in [1.807, 2.05) is 38.3 Å². The molecule has 2 aliphatic heterocycles. The fraction of sp³-hybridized carbons (Fsp3) is 0.353. The Balaban J connectivity index is 0.000000774. The molecule has 0 aromatic carbocycles. The van der Waals surface area contributed by atoms with Gasteiger partial charge < -0.3 is 4.84 Å². The van der Waals surface area contributed by atoms with Crippen LogP contribution in [0.2, 0.25) is 0 Å². The third-order valence-electron chi connectivity index (χ3n) is 3.18. The van der Waals surface area contributed by atoms with Crippen LogP contribution in [-0.2, 0) is 4.84 Å². The van der Waals surface area contributed by atoms with Crippen molar-refractivity contribution >= 4 is 11.4 Å². The summed E-state index contributed by atoms with van der Waals surface area (Å²) < 4.78 is 0. The summed E-state index contributed by atoms with van der Waals surface area (Å²) in [6.45, 7) is 6.12. The van der Waals surface area contributed by atoms with Crippen LogP contribution in [0, 0.1) is 5.92 Å². The van der Waals surface area contributed by atoms with Crippen LogP contribution in [0.4, 0.5) is 0 Å². The number of rotatable bonds is 2. The maximum atomic E-state index is 5.49. The largest absolute Gasteiger partial charge is 0.385 e. The van der Waals surface area contributed by atoms with Gasteiger partial charge in [-0.1, -0.05) is 38.1 Å². The maximum Gasteiger partial charge on any atom is 0.174 e. The molecule has 2 aliphatic rings. The van der Waals surface area contributed by atoms with E-state index in [9.17, 15) is 0 Å². The van der Waals surface area contributed by atoms with Crippen molar-refractivity contribution in [1.82, 2.24) is 4.98 Å². The van der Waals surface area contributed by atoms with E-state index in [0.29, 0.717) is 5.92 Å². The zero-order valence-corrected chi connectivity index (χ0v) is 12.7. The Morgan fingerprint density at radius 3 is 2.86 bits per heavy atom. The first-order valence-corrected chi connectivity index (χ1v) is 7.38. The van der Waals surface area contributed by atoms with E-state index < -0.39 is 0 Å². The molecule has 0 spiro atoms. The summed E-state index contributed by atoms with van der Waals surface area (Å²) in [5, 5.41) is 4.15. The number of nitrogens with zero attached hydrogens (tertiary/aromatic N) is 3. The fourth-order valence-corrected chi connectivity index (χ4v) is 2.05. The lowest BCUT2D eigenvalue weighted by Gasteiger charge is -2.06. The Morgan fingerprint density at radius 2 is 2.10 bits per heavy atom. The molecule has 1 aromatic heterocycles. The molecule has 0 radical (unpaired) electrons. The Morgan fingerprint density at radius 1 is 1.24 bits per heavy atom. The molecule has 4 nitrogen and oxygen atoms in total. The molecule has 21 heavy (non-hydrogen) atoms. The Labute approximate surface area is 126 Å². The van der Waals surface area contributed by atoms with Crippen LogP contribution < -0.4 is 0 Å². The van der Waals surface area contributed by atoms with Crippen molar-refractivity contribution in [2.75, 3.05) is 0 Å². The average molecular weight is 283 g/mol. The van der Waals surface area contributed by atoms with Crippen molar-refractivity contribution in [3.8, 4) is 0 Å². The maximum absolute atomic E-state index is 5.49. The van der Waals surface area contributed by atoms with E-state index in [1.54, 1.807) is 12.4 Å². The lowest BCUT2D eigenvalue weighted by Crippen LogP contribution is -2.19. The van der Waals surface area contributed by atoms with Crippen LogP contribution in [0.3, 0.4) is 0 Å². The van der Waals surface area contributed by atoms with Crippen LogP contribution in [0.25, 0.3) is 0 Å². The molecule has 0 amide bonds. The molecule has 1 aromatic rings. The predicted molar refractivity (Wildman–Crippen MR) is 86.5 cm³/mol. The normalized spacial score (nSPS) is 23.4. The van der Waals surface area contributed by atoms with Gasteiger partial charge in [0.2, 0.25) is 0 Å². The number of aromatic nitrogens is 1. The minimum Gasteiger partial charge on any atom is -0.385 e. The first-order chi connectivity index (χ1) is 10.3. The molecule has 0 aliphatic carbocycles. The van der Waals surface area contributed by atoms with Crippen molar-refractivity contribution in [1.29, 1.82) is 0 Å². The highest BCUT2D eigenvalue weighted by Crippen LogP contribution is 2.19. The molecular weight excluding hydrogens is 262 g/mol. The topological polar surface area (TPSA) is 46.8 Å². The summed E-state index contributed by atoms with van der Waals surface area (Å²) in [7, 11) is 0. The first kappa shape index (κ1) is 15.2. The number of pyridine rings is 1. The van der Waals surface area contributed by atoms with Crippen LogP contribution in [0.15, 0.2) is 59.1 Å². The second-order valence-electron chi connectivity index (χ2n) is 4.69. The lowest BCUT2D eigenvalue weighted by molar-refractivity contribution is 0.133. The number of aliphatic imine (C=N–C) groups is 1. The predicted octanol–water partition coefficient (Wildman–Crippen LogP) is 3.76. The highest BCUT2D eigenvalue weighted by molar-refractivity contribution is 6.07. The molecule has 0 saturated carbocycles. The molecule has 0 N–H and O–H groups in total. The van der Waals surface area contributed by atoms with Gasteiger partial charge in [-0.3, -0.25) is 9.98 Å². The molecule has 2 unspecified atom stereocenters. The summed E-state index contributed by atoms with van der Waals surface area (Å²) in [5.41, 5.74) is 2.85. The quantitative estimate of drug-likeness (QED) is 0.829. The number of oxime groups is 1. The summed E-state index contributed by atoms with van der Waals surface area (Å²) in [5.74, 6) is 0.404. The minimum absolute atomic E-state index is 0.0959. The van der Waals surface area contributed by atoms with Crippen molar-refractivity contribution in [2.45, 2.75) is 33.3 Å². The number of allylic oxidation sites excluding steroid dienone is 2. The Hall–Kier alpha value is -2.23. The second kappa shape index (κ2) is 7.53. The van der Waals surface area contributed by atoms with Crippen molar-refractivity contribution in [3.05, 3.63) is 54.5 Å². The highest BCUT2D eigenvalue weighted by atomic mass is 16.6. The van der Waals surface area contributed by atoms with Gasteiger partial charge in [0, 0.05) is 30.6 Å². The molecule has 0 bridgehead atoms. The summed E-state index contributed by atoms with van der Waals surface area (Å²) in [6.07, 6.45) is 12.2. The summed E-state index contributed by atoms with van der Waals surface area (Å²) in [6, 6.07) is 3.89. The monoisotopic (exact) mass is 283 g/mol. The van der Waals surface area contributed by atoms with Gasteiger partial charge in [-0.25, -0.2) is 0 Å². The first-order valence-electron chi connectivity index (χ1n) is 7.38. The molecule has 0 saturated heterocycles. The fourth-order valence-electron chi connectivity index (χ4n) is 2.05. The third kappa shape index (κ3) is 3.88. The number of hydrogen-bond donors (Lipinski definition) is 0. The molecule has 3 heterocycles. The van der Waals surface area contributed by atoms with E-state index in [0.717, 1.165) is 23.4 Å². The van der Waals surface area contributed by atoms with Crippen molar-refractivity contribution < 1.29 is 4.84 Å². The second-order valence-corrected chi connectivity index (χ2v) is 4.69. The van der Waals surface area contributed by atoms with E-state index >= 15 is 0 Å². The third-order valence-corrected chi connectivity index (χ3v) is 3.18. The van der Waals surface area contributed by atoms with Gasteiger partial charge in [-0.05, 0) is 24.1 Å². The van der Waals surface area contributed by atoms with E-state index in [2.05, 4.69) is 34.2 Å². The number of hydrogen-bond acceptors (Lipinski definition) is 4. The van der Waals surface area contributed by atoms with Crippen molar-refractivity contribution in [2.24, 2.45) is 16.1 Å². The lowest BCUT2D eigenvalue weighted by atomic mass is 10.0. The van der Waals surface area contributed by atoms with Gasteiger partial charge in [-0.2, -0.15) is 0 Å². The molecular formula is C17H21N3O. The Kier molecular flexibility index (Phi) is 5.43. The Bertz CT molecular complexity index is 573. The average Bonchev–Trinajstić information content (AvgIpc) is 2.94. The van der Waals surface area contributed by atoms with E-state index in [4.69, 9.17) is 4.84 Å². The highest BCUT2D eigenvalue weighted by Gasteiger charge is 2.26. The van der Waals surface area contributed by atoms with Gasteiger partial charge >= 0.3 is 0 Å². The van der Waals surface area contributed by atoms with Crippen LogP contribution in [0.1, 0.15) is 32.8 Å². The van der Waals surface area contributed by atoms with Gasteiger partial charge in [0.1, 0.15) is 0 Å². The van der Waals surface area contributed by atoms with Gasteiger partial charge in [-0.15, -0.1) is 0 Å². The van der Waals surface area contributed by atoms with E-state index in [-0.39, 0.29) is 6.10 Å². The molecule has 3 rings (SSSR count). The standard InChI is InChI=1S/C15H15N3O.C2H6/c1-11-4-5-13(17-8-6-11)15-9-14(18-19-15)12-3-2-7-16-10-12;1-2/h2-8,10-11,15H,9H2,1H3;1-2H3. The summed E-state index contributed by atoms with van der Waals surface area (Å²) >= 11 is 0. The molecule has 4 heteroatoms. The van der Waals surface area contributed by atoms with Crippen molar-refractivity contribution in [3.63, 3.8) is 0 Å². The zero-order chi connectivity index (χ0) is 15.1. The SMILES string of the molecule is CC.CC1C=CN=C(C2CC(c3cccnc3)=NO2)C=C1. The molecule has 2 atom stereocenters. The van der Waals surface area contributed by atoms with Crippen LogP contribution >= 0.6 is 0 Å². The van der Waals surface area contributed by atoms with Gasteiger partial charge in [0.05, 0.1) is 11.4 Å². The van der Waals surface area contributed by atoms with E-state index in [1.165, 1.54) is 0 Å². The minimum atomic E-state index is -0.0959. The van der Waals surface area contributed by atoms with Crippen LogP contribution in [0.5, 0.6) is 0 Å². The van der Waals surface area contributed by atoms with Gasteiger partial charge in [0.15, 0.2) is 6.10 Å². The van der Waals surface area contributed by atoms with Gasteiger partial charge in [0.25, 0.3) is 0 Å². The zero-order valence-electron chi connectivity index (χ0n) is 12.7.